The Morgan fingerprint density at radius 3 is 2.69 bits per heavy atom. The zero-order valence-corrected chi connectivity index (χ0v) is 16.3. The number of halogens is 1. The molecule has 0 radical (unpaired) electrons. The molecule has 0 bridgehead atoms. The van der Waals surface area contributed by atoms with Crippen LogP contribution in [0.5, 0.6) is 0 Å². The Balaban J connectivity index is 1.76. The van der Waals surface area contributed by atoms with Crippen LogP contribution in [-0.4, -0.2) is 18.2 Å². The SMILES string of the molecule is O=S(=O)(Nc1cccc(Cl)c1)c1cn(C2CCCC2)nc1-c1cccs1. The van der Waals surface area contributed by atoms with Crippen molar-refractivity contribution in [2.24, 2.45) is 0 Å². The molecular weight excluding hydrogens is 390 g/mol. The molecule has 0 amide bonds. The first-order valence-corrected chi connectivity index (χ1v) is 11.2. The van der Waals surface area contributed by atoms with Crippen LogP contribution in [0.15, 0.2) is 52.9 Å². The first-order chi connectivity index (χ1) is 12.5. The van der Waals surface area contributed by atoms with Gasteiger partial charge in [-0.25, -0.2) is 8.42 Å². The van der Waals surface area contributed by atoms with E-state index in [2.05, 4.69) is 9.82 Å². The van der Waals surface area contributed by atoms with Crippen LogP contribution in [0.1, 0.15) is 31.7 Å². The monoisotopic (exact) mass is 407 g/mol. The lowest BCUT2D eigenvalue weighted by molar-refractivity contribution is 0.467. The average molecular weight is 408 g/mol. The summed E-state index contributed by atoms with van der Waals surface area (Å²) in [5.74, 6) is 0. The summed E-state index contributed by atoms with van der Waals surface area (Å²) < 4.78 is 30.6. The highest BCUT2D eigenvalue weighted by Gasteiger charge is 2.27. The molecule has 4 rings (SSSR count). The largest absolute Gasteiger partial charge is 0.279 e. The predicted octanol–water partition coefficient (Wildman–Crippen LogP) is 5.18. The Morgan fingerprint density at radius 1 is 1.19 bits per heavy atom. The molecule has 2 heterocycles. The Labute approximate surface area is 161 Å². The highest BCUT2D eigenvalue weighted by molar-refractivity contribution is 7.92. The second-order valence-corrected chi connectivity index (χ2v) is 9.39. The Kier molecular flexibility index (Phi) is 4.77. The third-order valence-corrected chi connectivity index (χ3v) is 7.01. The second kappa shape index (κ2) is 7.06. The first kappa shape index (κ1) is 17.6. The molecule has 136 valence electrons. The summed E-state index contributed by atoms with van der Waals surface area (Å²) in [6.45, 7) is 0. The molecule has 1 aliphatic rings. The van der Waals surface area contributed by atoms with Crippen molar-refractivity contribution >= 4 is 38.6 Å². The average Bonchev–Trinajstić information content (AvgIpc) is 3.34. The van der Waals surface area contributed by atoms with E-state index in [1.165, 1.54) is 11.3 Å². The van der Waals surface area contributed by atoms with E-state index < -0.39 is 10.0 Å². The van der Waals surface area contributed by atoms with Gasteiger partial charge in [0.1, 0.15) is 10.6 Å². The molecule has 1 fully saturated rings. The minimum Gasteiger partial charge on any atom is -0.279 e. The van der Waals surface area contributed by atoms with Gasteiger partial charge in [0.2, 0.25) is 0 Å². The number of nitrogens with one attached hydrogen (secondary N) is 1. The number of aromatic nitrogens is 2. The molecule has 3 aromatic rings. The van der Waals surface area contributed by atoms with Gasteiger partial charge in [0.15, 0.2) is 0 Å². The van der Waals surface area contributed by atoms with Gasteiger partial charge in [-0.2, -0.15) is 5.10 Å². The van der Waals surface area contributed by atoms with Crippen molar-refractivity contribution < 1.29 is 8.42 Å². The summed E-state index contributed by atoms with van der Waals surface area (Å²) in [5.41, 5.74) is 0.935. The summed E-state index contributed by atoms with van der Waals surface area (Å²) in [6, 6.07) is 10.7. The molecule has 26 heavy (non-hydrogen) atoms. The topological polar surface area (TPSA) is 64.0 Å². The van der Waals surface area contributed by atoms with Crippen molar-refractivity contribution in [2.45, 2.75) is 36.6 Å². The van der Waals surface area contributed by atoms with E-state index in [0.29, 0.717) is 16.4 Å². The highest BCUT2D eigenvalue weighted by atomic mass is 35.5. The van der Waals surface area contributed by atoms with Crippen molar-refractivity contribution in [3.8, 4) is 10.6 Å². The second-order valence-electron chi connectivity index (χ2n) is 6.35. The minimum absolute atomic E-state index is 0.201. The van der Waals surface area contributed by atoms with Gasteiger partial charge in [-0.1, -0.05) is 36.6 Å². The van der Waals surface area contributed by atoms with Gasteiger partial charge in [0.05, 0.1) is 16.6 Å². The molecule has 0 atom stereocenters. The summed E-state index contributed by atoms with van der Waals surface area (Å²) >= 11 is 7.45. The summed E-state index contributed by atoms with van der Waals surface area (Å²) in [4.78, 5) is 1.04. The smallest absolute Gasteiger partial charge is 0.265 e. The van der Waals surface area contributed by atoms with Crippen molar-refractivity contribution in [1.82, 2.24) is 9.78 Å². The van der Waals surface area contributed by atoms with Gasteiger partial charge >= 0.3 is 0 Å². The van der Waals surface area contributed by atoms with Crippen LogP contribution in [0.4, 0.5) is 5.69 Å². The van der Waals surface area contributed by atoms with E-state index in [9.17, 15) is 8.42 Å². The van der Waals surface area contributed by atoms with Gasteiger partial charge in [-0.15, -0.1) is 11.3 Å². The van der Waals surface area contributed by atoms with Crippen molar-refractivity contribution in [2.75, 3.05) is 4.72 Å². The maximum atomic E-state index is 13.1. The molecule has 5 nitrogen and oxygen atoms in total. The number of hydrogen-bond donors (Lipinski definition) is 1. The van der Waals surface area contributed by atoms with E-state index in [-0.39, 0.29) is 10.9 Å². The number of benzene rings is 1. The lowest BCUT2D eigenvalue weighted by Crippen LogP contribution is -2.13. The van der Waals surface area contributed by atoms with E-state index in [4.69, 9.17) is 11.6 Å². The molecule has 1 aliphatic carbocycles. The van der Waals surface area contributed by atoms with E-state index >= 15 is 0 Å². The van der Waals surface area contributed by atoms with E-state index in [1.54, 1.807) is 30.5 Å². The lowest BCUT2D eigenvalue weighted by Gasteiger charge is -2.09. The van der Waals surface area contributed by atoms with Gasteiger partial charge in [0, 0.05) is 11.2 Å². The quantitative estimate of drug-likeness (QED) is 0.633. The van der Waals surface area contributed by atoms with Crippen LogP contribution in [0.25, 0.3) is 10.6 Å². The minimum atomic E-state index is -3.78. The Morgan fingerprint density at radius 2 is 2.00 bits per heavy atom. The highest BCUT2D eigenvalue weighted by Crippen LogP contribution is 2.35. The molecule has 8 heteroatoms. The van der Waals surface area contributed by atoms with Crippen LogP contribution in [-0.2, 0) is 10.0 Å². The maximum absolute atomic E-state index is 13.1. The molecule has 1 aromatic carbocycles. The molecule has 0 aliphatic heterocycles. The van der Waals surface area contributed by atoms with Crippen molar-refractivity contribution in [3.05, 3.63) is 53.0 Å². The van der Waals surface area contributed by atoms with Gasteiger partial charge in [0.25, 0.3) is 10.0 Å². The molecule has 1 saturated carbocycles. The Bertz CT molecular complexity index is 1010. The maximum Gasteiger partial charge on any atom is 0.265 e. The number of nitrogens with zero attached hydrogens (tertiary/aromatic N) is 2. The third kappa shape index (κ3) is 3.51. The zero-order chi connectivity index (χ0) is 18.1. The first-order valence-electron chi connectivity index (χ1n) is 8.44. The predicted molar refractivity (Wildman–Crippen MR) is 105 cm³/mol. The fourth-order valence-electron chi connectivity index (χ4n) is 3.27. The van der Waals surface area contributed by atoms with Gasteiger partial charge < -0.3 is 0 Å². The number of thiophene rings is 1. The molecule has 2 aromatic heterocycles. The third-order valence-electron chi connectivity index (χ3n) is 4.52. The molecule has 1 N–H and O–H groups in total. The molecule has 0 saturated heterocycles. The van der Waals surface area contributed by atoms with Crippen LogP contribution < -0.4 is 4.72 Å². The van der Waals surface area contributed by atoms with Gasteiger partial charge in [-0.05, 0) is 42.5 Å². The number of sulfonamides is 1. The van der Waals surface area contributed by atoms with Crippen LogP contribution in [0.2, 0.25) is 5.02 Å². The number of hydrogen-bond acceptors (Lipinski definition) is 4. The lowest BCUT2D eigenvalue weighted by atomic mass is 10.3. The normalized spacial score (nSPS) is 15.4. The molecular formula is C18H18ClN3O2S2. The summed E-state index contributed by atoms with van der Waals surface area (Å²) in [7, 11) is -3.78. The standard InChI is InChI=1S/C18H18ClN3O2S2/c19-13-5-3-6-14(11-13)21-26(23,24)17-12-22(15-7-1-2-8-15)20-18(17)16-9-4-10-25-16/h3-6,9-12,15,21H,1-2,7-8H2. The summed E-state index contributed by atoms with van der Waals surface area (Å²) in [5, 5.41) is 7.04. The zero-order valence-electron chi connectivity index (χ0n) is 13.9. The van der Waals surface area contributed by atoms with E-state index in [1.807, 2.05) is 22.2 Å². The number of anilines is 1. The van der Waals surface area contributed by atoms with Gasteiger partial charge in [-0.3, -0.25) is 9.40 Å². The molecule has 0 unspecified atom stereocenters. The Hall–Kier alpha value is -1.83. The van der Waals surface area contributed by atoms with Crippen molar-refractivity contribution in [3.63, 3.8) is 0 Å². The van der Waals surface area contributed by atoms with Crippen LogP contribution in [0.3, 0.4) is 0 Å². The van der Waals surface area contributed by atoms with E-state index in [0.717, 1.165) is 30.6 Å². The fourth-order valence-corrected chi connectivity index (χ4v) is 5.45. The fraction of sp³-hybridized carbons (Fsp3) is 0.278. The van der Waals surface area contributed by atoms with Crippen molar-refractivity contribution in [1.29, 1.82) is 0 Å². The van der Waals surface area contributed by atoms with Crippen LogP contribution in [0, 0.1) is 0 Å². The molecule has 0 spiro atoms. The summed E-state index contributed by atoms with van der Waals surface area (Å²) in [6.07, 6.45) is 6.04. The van der Waals surface area contributed by atoms with Crippen LogP contribution >= 0.6 is 22.9 Å². The number of rotatable bonds is 5.